The van der Waals surface area contributed by atoms with Crippen LogP contribution < -0.4 is 10.1 Å². The highest BCUT2D eigenvalue weighted by Crippen LogP contribution is 2.23. The number of ether oxygens (including phenoxy) is 1. The molecule has 25 heavy (non-hydrogen) atoms. The maximum atomic E-state index is 12.2. The Morgan fingerprint density at radius 3 is 2.68 bits per heavy atom. The predicted molar refractivity (Wildman–Crippen MR) is 96.2 cm³/mol. The maximum Gasteiger partial charge on any atom is 0.226 e. The van der Waals surface area contributed by atoms with E-state index in [0.717, 1.165) is 5.56 Å². The van der Waals surface area contributed by atoms with Gasteiger partial charge in [0.25, 0.3) is 0 Å². The molecule has 1 aromatic carbocycles. The summed E-state index contributed by atoms with van der Waals surface area (Å²) in [6.45, 7) is 4.69. The molecule has 6 heteroatoms. The van der Waals surface area contributed by atoms with E-state index in [4.69, 9.17) is 4.74 Å². The van der Waals surface area contributed by atoms with E-state index >= 15 is 0 Å². The number of hydrogen-bond acceptors (Lipinski definition) is 4. The highest BCUT2D eigenvalue weighted by Gasteiger charge is 2.13. The van der Waals surface area contributed by atoms with Gasteiger partial charge in [0.15, 0.2) is 0 Å². The van der Waals surface area contributed by atoms with E-state index in [2.05, 4.69) is 10.3 Å². The molecule has 0 aliphatic rings. The van der Waals surface area contributed by atoms with Crippen molar-refractivity contribution in [3.8, 4) is 5.75 Å². The number of benzene rings is 1. The lowest BCUT2D eigenvalue weighted by Crippen LogP contribution is -2.31. The highest BCUT2D eigenvalue weighted by atomic mass is 16.5. The number of nitrogens with one attached hydrogen (secondary N) is 1. The van der Waals surface area contributed by atoms with E-state index in [1.165, 1.54) is 6.92 Å². The number of pyridine rings is 1. The average molecular weight is 341 g/mol. The molecule has 2 rings (SSSR count). The van der Waals surface area contributed by atoms with Gasteiger partial charge in [0.05, 0.1) is 12.3 Å². The zero-order valence-electron chi connectivity index (χ0n) is 14.6. The molecule has 2 amide bonds. The van der Waals surface area contributed by atoms with Crippen molar-refractivity contribution in [2.45, 2.75) is 26.8 Å². The minimum absolute atomic E-state index is 0.0774. The quantitative estimate of drug-likeness (QED) is 0.801. The fraction of sp³-hybridized carbons (Fsp3) is 0.316. The Labute approximate surface area is 147 Å². The molecule has 1 heterocycles. The van der Waals surface area contributed by atoms with Crippen LogP contribution in [0, 0.1) is 0 Å². The molecule has 0 bridgehead atoms. The van der Waals surface area contributed by atoms with Crippen LogP contribution in [0.3, 0.4) is 0 Å². The minimum atomic E-state index is -0.162. The average Bonchev–Trinajstić information content (AvgIpc) is 2.61. The molecule has 1 aromatic heterocycles. The number of rotatable bonds is 8. The summed E-state index contributed by atoms with van der Waals surface area (Å²) in [7, 11) is 0. The van der Waals surface area contributed by atoms with Crippen molar-refractivity contribution in [3.05, 3.63) is 54.4 Å². The highest BCUT2D eigenvalue weighted by molar-refractivity contribution is 5.92. The maximum absolute atomic E-state index is 12.2. The lowest BCUT2D eigenvalue weighted by atomic mass is 10.2. The molecule has 0 aliphatic carbocycles. The second-order valence-electron chi connectivity index (χ2n) is 5.53. The summed E-state index contributed by atoms with van der Waals surface area (Å²) in [4.78, 5) is 29.7. The number of anilines is 1. The van der Waals surface area contributed by atoms with E-state index in [9.17, 15) is 9.59 Å². The van der Waals surface area contributed by atoms with Crippen molar-refractivity contribution in [2.75, 3.05) is 18.5 Å². The number of hydrogen-bond donors (Lipinski definition) is 1. The monoisotopic (exact) mass is 341 g/mol. The summed E-state index contributed by atoms with van der Waals surface area (Å²) in [5.74, 6) is 0.396. The van der Waals surface area contributed by atoms with Gasteiger partial charge in [-0.1, -0.05) is 18.2 Å². The van der Waals surface area contributed by atoms with Crippen LogP contribution in [0.5, 0.6) is 5.75 Å². The van der Waals surface area contributed by atoms with Crippen LogP contribution in [-0.4, -0.2) is 34.8 Å². The van der Waals surface area contributed by atoms with Gasteiger partial charge in [0.1, 0.15) is 5.75 Å². The summed E-state index contributed by atoms with van der Waals surface area (Å²) in [5.41, 5.74) is 1.57. The van der Waals surface area contributed by atoms with Crippen LogP contribution in [0.25, 0.3) is 0 Å². The molecule has 6 nitrogen and oxygen atoms in total. The number of para-hydroxylation sites is 2. The Kier molecular flexibility index (Phi) is 6.95. The van der Waals surface area contributed by atoms with Gasteiger partial charge in [0.2, 0.25) is 11.8 Å². The second-order valence-corrected chi connectivity index (χ2v) is 5.53. The second kappa shape index (κ2) is 9.42. The topological polar surface area (TPSA) is 71.5 Å². The van der Waals surface area contributed by atoms with Crippen molar-refractivity contribution >= 4 is 17.5 Å². The normalized spacial score (nSPS) is 10.2. The van der Waals surface area contributed by atoms with Crippen LogP contribution in [0.4, 0.5) is 5.69 Å². The van der Waals surface area contributed by atoms with E-state index < -0.39 is 0 Å². The molecule has 1 N–H and O–H groups in total. The molecular formula is C19H23N3O3. The molecule has 2 aromatic rings. The third-order valence-electron chi connectivity index (χ3n) is 3.61. The van der Waals surface area contributed by atoms with Gasteiger partial charge in [0, 0.05) is 38.8 Å². The van der Waals surface area contributed by atoms with Crippen molar-refractivity contribution < 1.29 is 14.3 Å². The van der Waals surface area contributed by atoms with Crippen LogP contribution in [0.2, 0.25) is 0 Å². The Bertz CT molecular complexity index is 704. The molecule has 0 fully saturated rings. The first-order valence-electron chi connectivity index (χ1n) is 8.26. The number of carbonyl (C=O) groups is 2. The van der Waals surface area contributed by atoms with Crippen LogP contribution >= 0.6 is 0 Å². The minimum Gasteiger partial charge on any atom is -0.492 e. The molecule has 0 saturated heterocycles. The summed E-state index contributed by atoms with van der Waals surface area (Å²) in [6, 6.07) is 11.0. The lowest BCUT2D eigenvalue weighted by molar-refractivity contribution is -0.129. The van der Waals surface area contributed by atoms with Gasteiger partial charge < -0.3 is 15.0 Å². The zero-order valence-corrected chi connectivity index (χ0v) is 14.6. The van der Waals surface area contributed by atoms with Gasteiger partial charge in [-0.15, -0.1) is 0 Å². The van der Waals surface area contributed by atoms with E-state index in [1.807, 2.05) is 37.3 Å². The molecule has 0 saturated carbocycles. The third-order valence-corrected chi connectivity index (χ3v) is 3.61. The standard InChI is InChI=1S/C19H23N3O3/c1-3-25-18-9-5-4-8-17(18)21-19(24)10-12-22(15(2)23)14-16-7-6-11-20-13-16/h4-9,11,13H,3,10,12,14H2,1-2H3,(H,21,24). The number of nitrogens with zero attached hydrogens (tertiary/aromatic N) is 2. The fourth-order valence-corrected chi connectivity index (χ4v) is 2.36. The molecule has 0 aliphatic heterocycles. The summed E-state index contributed by atoms with van der Waals surface area (Å²) < 4.78 is 5.49. The van der Waals surface area contributed by atoms with Gasteiger partial charge >= 0.3 is 0 Å². The van der Waals surface area contributed by atoms with Crippen molar-refractivity contribution in [1.82, 2.24) is 9.88 Å². The van der Waals surface area contributed by atoms with E-state index in [-0.39, 0.29) is 18.2 Å². The van der Waals surface area contributed by atoms with Gasteiger partial charge in [-0.2, -0.15) is 0 Å². The Morgan fingerprint density at radius 2 is 2.00 bits per heavy atom. The SMILES string of the molecule is CCOc1ccccc1NC(=O)CCN(Cc1cccnc1)C(C)=O. The Morgan fingerprint density at radius 1 is 1.20 bits per heavy atom. The fourth-order valence-electron chi connectivity index (χ4n) is 2.36. The Balaban J connectivity index is 1.92. The zero-order chi connectivity index (χ0) is 18.1. The summed E-state index contributed by atoms with van der Waals surface area (Å²) >= 11 is 0. The van der Waals surface area contributed by atoms with Crippen LogP contribution in [0.15, 0.2) is 48.8 Å². The van der Waals surface area contributed by atoms with Gasteiger partial charge in [-0.05, 0) is 30.7 Å². The Hall–Kier alpha value is -2.89. The number of carbonyl (C=O) groups excluding carboxylic acids is 2. The number of aromatic nitrogens is 1. The lowest BCUT2D eigenvalue weighted by Gasteiger charge is -2.21. The first kappa shape index (κ1) is 18.4. The van der Waals surface area contributed by atoms with Crippen molar-refractivity contribution in [2.24, 2.45) is 0 Å². The van der Waals surface area contributed by atoms with Crippen LogP contribution in [0.1, 0.15) is 25.8 Å². The molecule has 132 valence electrons. The molecule has 0 unspecified atom stereocenters. The van der Waals surface area contributed by atoms with Gasteiger partial charge in [-0.3, -0.25) is 14.6 Å². The first-order valence-corrected chi connectivity index (χ1v) is 8.26. The molecule has 0 atom stereocenters. The smallest absolute Gasteiger partial charge is 0.226 e. The summed E-state index contributed by atoms with van der Waals surface area (Å²) in [5, 5.41) is 2.84. The molecule has 0 spiro atoms. The van der Waals surface area contributed by atoms with E-state index in [0.29, 0.717) is 31.1 Å². The first-order chi connectivity index (χ1) is 12.1. The van der Waals surface area contributed by atoms with Crippen molar-refractivity contribution in [1.29, 1.82) is 0 Å². The summed E-state index contributed by atoms with van der Waals surface area (Å²) in [6.07, 6.45) is 3.61. The third kappa shape index (κ3) is 5.91. The van der Waals surface area contributed by atoms with Gasteiger partial charge in [-0.25, -0.2) is 0 Å². The largest absolute Gasteiger partial charge is 0.492 e. The number of amides is 2. The molecule has 0 radical (unpaired) electrons. The molecular weight excluding hydrogens is 318 g/mol. The van der Waals surface area contributed by atoms with Crippen molar-refractivity contribution in [3.63, 3.8) is 0 Å². The predicted octanol–water partition coefficient (Wildman–Crippen LogP) is 2.86. The van der Waals surface area contributed by atoms with Crippen LogP contribution in [-0.2, 0) is 16.1 Å². The van der Waals surface area contributed by atoms with E-state index in [1.54, 1.807) is 23.4 Å².